The van der Waals surface area contributed by atoms with Gasteiger partial charge in [-0.1, -0.05) is 32.4 Å². The van der Waals surface area contributed by atoms with Gasteiger partial charge in [0, 0.05) is 12.6 Å². The first-order chi connectivity index (χ1) is 8.81. The van der Waals surface area contributed by atoms with Crippen molar-refractivity contribution in [1.82, 2.24) is 14.6 Å². The number of carbonyl (C=O) groups excluding carboxylic acids is 1. The van der Waals surface area contributed by atoms with Gasteiger partial charge in [-0.3, -0.25) is 4.40 Å². The Morgan fingerprint density at radius 1 is 1.42 bits per heavy atom. The van der Waals surface area contributed by atoms with Gasteiger partial charge in [-0.2, -0.15) is 0 Å². The highest BCUT2D eigenvalue weighted by Gasteiger charge is 2.19. The van der Waals surface area contributed by atoms with E-state index in [1.165, 1.54) is 13.2 Å². The SMILES string of the molecule is COC(=O)c1cc(Cl)c2nnc(CC(C)(C)C)n2c1. The minimum Gasteiger partial charge on any atom is -0.465 e. The topological polar surface area (TPSA) is 56.5 Å². The van der Waals surface area contributed by atoms with Crippen LogP contribution in [0.4, 0.5) is 0 Å². The number of nitrogens with zero attached hydrogens (tertiary/aromatic N) is 3. The van der Waals surface area contributed by atoms with Gasteiger partial charge in [0.15, 0.2) is 5.65 Å². The van der Waals surface area contributed by atoms with Crippen LogP contribution in [0, 0.1) is 5.41 Å². The fourth-order valence-electron chi connectivity index (χ4n) is 1.82. The average Bonchev–Trinajstić information content (AvgIpc) is 2.70. The molecule has 0 aliphatic carbocycles. The predicted octanol–water partition coefficient (Wildman–Crippen LogP) is 2.76. The molecule has 0 atom stereocenters. The van der Waals surface area contributed by atoms with Gasteiger partial charge in [-0.25, -0.2) is 4.79 Å². The van der Waals surface area contributed by atoms with Gasteiger partial charge in [0.2, 0.25) is 0 Å². The molecular weight excluding hydrogens is 266 g/mol. The quantitative estimate of drug-likeness (QED) is 0.794. The van der Waals surface area contributed by atoms with Crippen molar-refractivity contribution in [2.75, 3.05) is 7.11 Å². The maximum atomic E-state index is 11.6. The van der Waals surface area contributed by atoms with Crippen LogP contribution in [-0.2, 0) is 11.2 Å². The summed E-state index contributed by atoms with van der Waals surface area (Å²) in [7, 11) is 1.34. The van der Waals surface area contributed by atoms with Crippen molar-refractivity contribution in [3.63, 3.8) is 0 Å². The number of methoxy groups -OCH3 is 1. The van der Waals surface area contributed by atoms with Crippen molar-refractivity contribution in [1.29, 1.82) is 0 Å². The van der Waals surface area contributed by atoms with Crippen LogP contribution in [0.15, 0.2) is 12.3 Å². The molecule has 6 heteroatoms. The summed E-state index contributed by atoms with van der Waals surface area (Å²) in [6.45, 7) is 6.33. The van der Waals surface area contributed by atoms with Gasteiger partial charge in [0.05, 0.1) is 17.7 Å². The first-order valence-corrected chi connectivity index (χ1v) is 6.31. The number of aromatic nitrogens is 3. The van der Waals surface area contributed by atoms with Crippen molar-refractivity contribution in [3.05, 3.63) is 28.7 Å². The molecule has 0 unspecified atom stereocenters. The molecule has 0 aromatic carbocycles. The number of hydrogen-bond acceptors (Lipinski definition) is 4. The number of ether oxygens (including phenoxy) is 1. The fraction of sp³-hybridized carbons (Fsp3) is 0.462. The summed E-state index contributed by atoms with van der Waals surface area (Å²) in [5.74, 6) is 0.342. The molecule has 0 saturated carbocycles. The van der Waals surface area contributed by atoms with E-state index in [9.17, 15) is 4.79 Å². The fourth-order valence-corrected chi connectivity index (χ4v) is 2.07. The summed E-state index contributed by atoms with van der Waals surface area (Å²) in [5.41, 5.74) is 1.00. The second-order valence-electron chi connectivity index (χ2n) is 5.62. The van der Waals surface area contributed by atoms with Gasteiger partial charge < -0.3 is 4.74 Å². The van der Waals surface area contributed by atoms with E-state index in [2.05, 4.69) is 31.0 Å². The van der Waals surface area contributed by atoms with E-state index < -0.39 is 5.97 Å². The molecule has 0 saturated heterocycles. The lowest BCUT2D eigenvalue weighted by molar-refractivity contribution is 0.0600. The van der Waals surface area contributed by atoms with Crippen LogP contribution in [0.1, 0.15) is 37.0 Å². The molecule has 2 heterocycles. The number of pyridine rings is 1. The molecule has 0 spiro atoms. The molecule has 0 radical (unpaired) electrons. The van der Waals surface area contributed by atoms with E-state index in [-0.39, 0.29) is 5.41 Å². The Morgan fingerprint density at radius 2 is 2.11 bits per heavy atom. The van der Waals surface area contributed by atoms with Gasteiger partial charge in [-0.15, -0.1) is 10.2 Å². The molecular formula is C13H16ClN3O2. The normalized spacial score (nSPS) is 11.8. The van der Waals surface area contributed by atoms with Gasteiger partial charge >= 0.3 is 5.97 Å². The third-order valence-electron chi connectivity index (χ3n) is 2.64. The zero-order valence-corrected chi connectivity index (χ0v) is 12.2. The summed E-state index contributed by atoms with van der Waals surface area (Å²) in [4.78, 5) is 11.6. The molecule has 2 aromatic rings. The van der Waals surface area contributed by atoms with Crippen LogP contribution in [0.5, 0.6) is 0 Å². The first-order valence-electron chi connectivity index (χ1n) is 5.93. The highest BCUT2D eigenvalue weighted by Crippen LogP contribution is 2.23. The Hall–Kier alpha value is -1.62. The van der Waals surface area contributed by atoms with E-state index >= 15 is 0 Å². The van der Waals surface area contributed by atoms with Crippen LogP contribution >= 0.6 is 11.6 Å². The molecule has 0 aliphatic rings. The van der Waals surface area contributed by atoms with Crippen LogP contribution < -0.4 is 0 Å². The maximum absolute atomic E-state index is 11.6. The number of hydrogen-bond donors (Lipinski definition) is 0. The summed E-state index contributed by atoms with van der Waals surface area (Å²) >= 11 is 6.12. The van der Waals surface area contributed by atoms with E-state index in [4.69, 9.17) is 16.3 Å². The average molecular weight is 282 g/mol. The zero-order valence-electron chi connectivity index (χ0n) is 11.4. The summed E-state index contributed by atoms with van der Waals surface area (Å²) in [6, 6.07) is 1.54. The molecule has 0 N–H and O–H groups in total. The Balaban J connectivity index is 2.56. The molecule has 2 rings (SSSR count). The molecule has 0 bridgehead atoms. The standard InChI is InChI=1S/C13H16ClN3O2/c1-13(2,3)6-10-15-16-11-9(14)5-8(7-17(10)11)12(18)19-4/h5,7H,6H2,1-4H3. The minimum absolute atomic E-state index is 0.0662. The number of carbonyl (C=O) groups is 1. The molecule has 19 heavy (non-hydrogen) atoms. The van der Waals surface area contributed by atoms with Gasteiger partial charge in [0.1, 0.15) is 5.82 Å². The second-order valence-corrected chi connectivity index (χ2v) is 6.02. The first kappa shape index (κ1) is 13.8. The number of rotatable bonds is 2. The highest BCUT2D eigenvalue weighted by atomic mass is 35.5. The maximum Gasteiger partial charge on any atom is 0.339 e. The zero-order chi connectivity index (χ0) is 14.2. The Bertz CT molecular complexity index is 629. The van der Waals surface area contributed by atoms with Gasteiger partial charge in [0.25, 0.3) is 0 Å². The van der Waals surface area contributed by atoms with E-state index in [1.807, 2.05) is 0 Å². The lowest BCUT2D eigenvalue weighted by atomic mass is 9.92. The Labute approximate surface area is 116 Å². The molecule has 0 fully saturated rings. The molecule has 102 valence electrons. The lowest BCUT2D eigenvalue weighted by Gasteiger charge is -2.16. The minimum atomic E-state index is -0.431. The highest BCUT2D eigenvalue weighted by molar-refractivity contribution is 6.33. The monoisotopic (exact) mass is 281 g/mol. The van der Waals surface area contributed by atoms with Crippen molar-refractivity contribution in [2.24, 2.45) is 5.41 Å². The van der Waals surface area contributed by atoms with Crippen molar-refractivity contribution >= 4 is 23.2 Å². The summed E-state index contributed by atoms with van der Waals surface area (Å²) in [6.07, 6.45) is 2.39. The summed E-state index contributed by atoms with van der Waals surface area (Å²) in [5, 5.41) is 8.59. The van der Waals surface area contributed by atoms with Crippen molar-refractivity contribution < 1.29 is 9.53 Å². The van der Waals surface area contributed by atoms with Crippen molar-refractivity contribution in [2.45, 2.75) is 27.2 Å². The van der Waals surface area contributed by atoms with Crippen LogP contribution in [0.2, 0.25) is 5.02 Å². The van der Waals surface area contributed by atoms with Crippen LogP contribution in [-0.4, -0.2) is 27.7 Å². The lowest BCUT2D eigenvalue weighted by Crippen LogP contribution is -2.12. The largest absolute Gasteiger partial charge is 0.465 e. The number of fused-ring (bicyclic) bond motifs is 1. The molecule has 5 nitrogen and oxygen atoms in total. The molecule has 0 aliphatic heterocycles. The predicted molar refractivity (Wildman–Crippen MR) is 72.5 cm³/mol. The van der Waals surface area contributed by atoms with Crippen molar-refractivity contribution in [3.8, 4) is 0 Å². The Kier molecular flexibility index (Phi) is 3.49. The summed E-state index contributed by atoms with van der Waals surface area (Å²) < 4.78 is 6.46. The van der Waals surface area contributed by atoms with E-state index in [0.717, 1.165) is 12.2 Å². The second kappa shape index (κ2) is 4.81. The van der Waals surface area contributed by atoms with Crippen LogP contribution in [0.3, 0.4) is 0 Å². The molecule has 0 amide bonds. The Morgan fingerprint density at radius 3 is 2.68 bits per heavy atom. The van der Waals surface area contributed by atoms with E-state index in [0.29, 0.717) is 16.2 Å². The number of esters is 1. The number of halogens is 1. The smallest absolute Gasteiger partial charge is 0.339 e. The molecule has 2 aromatic heterocycles. The van der Waals surface area contributed by atoms with Crippen LogP contribution in [0.25, 0.3) is 5.65 Å². The van der Waals surface area contributed by atoms with Gasteiger partial charge in [-0.05, 0) is 11.5 Å². The third-order valence-corrected chi connectivity index (χ3v) is 2.92. The van der Waals surface area contributed by atoms with E-state index in [1.54, 1.807) is 10.6 Å². The third kappa shape index (κ3) is 2.87.